The average Bonchev–Trinajstić information content (AvgIpc) is 3.40. The van der Waals surface area contributed by atoms with Crippen LogP contribution >= 0.6 is 23.4 Å². The summed E-state index contributed by atoms with van der Waals surface area (Å²) in [6.45, 7) is 3.50. The predicted molar refractivity (Wildman–Crippen MR) is 182 cm³/mol. The Morgan fingerprint density at radius 3 is 2.28 bits per heavy atom. The van der Waals surface area contributed by atoms with Gasteiger partial charge in [0.25, 0.3) is 0 Å². The maximum Gasteiger partial charge on any atom is 0.242 e. The van der Waals surface area contributed by atoms with E-state index in [-0.39, 0.29) is 29.4 Å². The molecule has 0 radical (unpaired) electrons. The van der Waals surface area contributed by atoms with Crippen LogP contribution in [-0.4, -0.2) is 73.2 Å². The minimum absolute atomic E-state index is 0.0729. The lowest BCUT2D eigenvalue weighted by Gasteiger charge is -2.32. The first-order valence-electron chi connectivity index (χ1n) is 15.3. The number of hydrogen-bond acceptors (Lipinski definition) is 7. The summed E-state index contributed by atoms with van der Waals surface area (Å²) >= 11 is 7.81. The quantitative estimate of drug-likeness (QED) is 0.209. The maximum absolute atomic E-state index is 14.1. The number of nitrogens with zero attached hydrogens (tertiary/aromatic N) is 4. The summed E-state index contributed by atoms with van der Waals surface area (Å²) in [5, 5.41) is 5.45. The first-order valence-corrected chi connectivity index (χ1v) is 16.7. The van der Waals surface area contributed by atoms with Gasteiger partial charge in [0.05, 0.1) is 43.7 Å². The van der Waals surface area contributed by atoms with E-state index >= 15 is 0 Å². The zero-order chi connectivity index (χ0) is 32.4. The van der Waals surface area contributed by atoms with Gasteiger partial charge in [-0.25, -0.2) is 4.68 Å². The van der Waals surface area contributed by atoms with Crippen LogP contribution in [0.4, 0.5) is 5.82 Å². The van der Waals surface area contributed by atoms with Crippen molar-refractivity contribution in [3.8, 4) is 34.2 Å². The van der Waals surface area contributed by atoms with E-state index in [4.69, 9.17) is 30.9 Å². The molecule has 0 N–H and O–H groups in total. The lowest BCUT2D eigenvalue weighted by atomic mass is 9.98. The fourth-order valence-electron chi connectivity index (χ4n) is 6.02. The van der Waals surface area contributed by atoms with E-state index in [1.54, 1.807) is 30.9 Å². The van der Waals surface area contributed by atoms with E-state index in [0.717, 1.165) is 35.2 Å². The minimum Gasteiger partial charge on any atom is -0.497 e. The van der Waals surface area contributed by atoms with Gasteiger partial charge in [-0.05, 0) is 72.9 Å². The van der Waals surface area contributed by atoms with Crippen molar-refractivity contribution < 1.29 is 23.8 Å². The molecule has 0 spiro atoms. The Kier molecular flexibility index (Phi) is 9.47. The van der Waals surface area contributed by atoms with Crippen LogP contribution in [0.5, 0.6) is 17.2 Å². The Morgan fingerprint density at radius 1 is 0.935 bits per heavy atom. The minimum atomic E-state index is -0.327. The number of rotatable bonds is 8. The molecule has 1 saturated heterocycles. The zero-order valence-corrected chi connectivity index (χ0v) is 27.9. The van der Waals surface area contributed by atoms with Gasteiger partial charge >= 0.3 is 0 Å². The van der Waals surface area contributed by atoms with Gasteiger partial charge in [0.1, 0.15) is 18.1 Å². The molecule has 46 heavy (non-hydrogen) atoms. The van der Waals surface area contributed by atoms with Gasteiger partial charge in [-0.1, -0.05) is 36.7 Å². The van der Waals surface area contributed by atoms with Crippen LogP contribution in [0.3, 0.4) is 0 Å². The highest BCUT2D eigenvalue weighted by Gasteiger charge is 2.38. The van der Waals surface area contributed by atoms with Gasteiger partial charge < -0.3 is 19.1 Å². The molecule has 2 amide bonds. The number of carbonyl (C=O) groups excluding carboxylic acids is 2. The molecule has 1 aromatic heterocycles. The van der Waals surface area contributed by atoms with Gasteiger partial charge in [0.15, 0.2) is 11.5 Å². The number of methoxy groups -OCH3 is 3. The molecule has 11 heteroatoms. The van der Waals surface area contributed by atoms with Gasteiger partial charge in [0.2, 0.25) is 11.8 Å². The molecule has 240 valence electrons. The standard InChI is InChI=1S/C35H37ClN4O5S/c1-22-15-17-38(18-16-22)30(41)20-39-31(42)21-46-34(24-7-14-28(44-3)29(19-24)45-4)32-33(23-5-8-25(36)9-6-23)37-40(35(32)39)26-10-12-27(43-2)13-11-26/h5-14,19,22,34H,15-18,20-21H2,1-4H3/t34-/m0/s1. The van der Waals surface area contributed by atoms with Crippen LogP contribution in [0.15, 0.2) is 66.7 Å². The first-order chi connectivity index (χ1) is 22.3. The van der Waals surface area contributed by atoms with Crippen molar-refractivity contribution in [3.05, 3.63) is 82.9 Å². The summed E-state index contributed by atoms with van der Waals surface area (Å²) in [5.74, 6) is 2.95. The van der Waals surface area contributed by atoms with Crippen LogP contribution in [-0.2, 0) is 9.59 Å². The molecule has 0 aliphatic carbocycles. The highest BCUT2D eigenvalue weighted by atomic mass is 35.5. The second kappa shape index (κ2) is 13.7. The molecular formula is C35H37ClN4O5S. The van der Waals surface area contributed by atoms with Gasteiger partial charge in [0, 0.05) is 29.2 Å². The summed E-state index contributed by atoms with van der Waals surface area (Å²) in [6.07, 6.45) is 1.90. The third kappa shape index (κ3) is 6.28. The predicted octanol–water partition coefficient (Wildman–Crippen LogP) is 6.65. The van der Waals surface area contributed by atoms with E-state index in [9.17, 15) is 9.59 Å². The van der Waals surface area contributed by atoms with Crippen LogP contribution in [0.2, 0.25) is 5.02 Å². The number of aromatic nitrogens is 2. The van der Waals surface area contributed by atoms with Crippen LogP contribution < -0.4 is 19.1 Å². The highest BCUT2D eigenvalue weighted by Crippen LogP contribution is 2.49. The third-order valence-corrected chi connectivity index (χ3v) is 10.2. The van der Waals surface area contributed by atoms with E-state index in [2.05, 4.69) is 6.92 Å². The van der Waals surface area contributed by atoms with E-state index in [0.29, 0.717) is 52.8 Å². The number of ether oxygens (including phenoxy) is 3. The number of fused-ring (bicyclic) bond motifs is 1. The van der Waals surface area contributed by atoms with Crippen molar-refractivity contribution in [2.75, 3.05) is 51.6 Å². The van der Waals surface area contributed by atoms with Crippen molar-refractivity contribution in [2.45, 2.75) is 25.0 Å². The molecule has 3 aromatic carbocycles. The van der Waals surface area contributed by atoms with Gasteiger partial charge in [-0.15, -0.1) is 11.8 Å². The van der Waals surface area contributed by atoms with E-state index in [1.807, 2.05) is 71.6 Å². The van der Waals surface area contributed by atoms with Crippen LogP contribution in [0.1, 0.15) is 36.1 Å². The molecule has 0 unspecified atom stereocenters. The van der Waals surface area contributed by atoms with Crippen molar-refractivity contribution >= 4 is 41.0 Å². The Balaban J connectivity index is 1.57. The second-order valence-corrected chi connectivity index (χ2v) is 13.1. The van der Waals surface area contributed by atoms with Crippen LogP contribution in [0, 0.1) is 5.92 Å². The van der Waals surface area contributed by atoms with Crippen molar-refractivity contribution in [1.82, 2.24) is 14.7 Å². The van der Waals surface area contributed by atoms with E-state index in [1.165, 1.54) is 11.8 Å². The Morgan fingerprint density at radius 2 is 1.63 bits per heavy atom. The molecule has 4 aromatic rings. The molecule has 6 rings (SSSR count). The van der Waals surface area contributed by atoms with Crippen molar-refractivity contribution in [3.63, 3.8) is 0 Å². The van der Waals surface area contributed by atoms with Crippen LogP contribution in [0.25, 0.3) is 16.9 Å². The topological polar surface area (TPSA) is 86.1 Å². The summed E-state index contributed by atoms with van der Waals surface area (Å²) in [4.78, 5) is 31.5. The molecule has 1 fully saturated rings. The Labute approximate surface area is 278 Å². The molecule has 0 bridgehead atoms. The number of hydrogen-bond donors (Lipinski definition) is 0. The lowest BCUT2D eigenvalue weighted by molar-refractivity contribution is -0.132. The number of amides is 2. The molecule has 1 atom stereocenters. The summed E-state index contributed by atoms with van der Waals surface area (Å²) in [6, 6.07) is 20.8. The molecule has 0 saturated carbocycles. The number of piperidine rings is 1. The number of benzene rings is 3. The first kappa shape index (κ1) is 31.8. The smallest absolute Gasteiger partial charge is 0.242 e. The average molecular weight is 661 g/mol. The zero-order valence-electron chi connectivity index (χ0n) is 26.4. The number of carbonyl (C=O) groups is 2. The summed E-state index contributed by atoms with van der Waals surface area (Å²) in [7, 11) is 4.82. The molecular weight excluding hydrogens is 624 g/mol. The Bertz CT molecular complexity index is 1720. The van der Waals surface area contributed by atoms with Gasteiger partial charge in [-0.2, -0.15) is 5.10 Å². The number of thioether (sulfide) groups is 1. The number of anilines is 1. The molecule has 9 nitrogen and oxygen atoms in total. The third-order valence-electron chi connectivity index (χ3n) is 8.66. The Hall–Kier alpha value is -4.15. The summed E-state index contributed by atoms with van der Waals surface area (Å²) in [5.41, 5.74) is 3.99. The highest BCUT2D eigenvalue weighted by molar-refractivity contribution is 8.00. The van der Waals surface area contributed by atoms with Crippen molar-refractivity contribution in [2.24, 2.45) is 5.92 Å². The second-order valence-electron chi connectivity index (χ2n) is 11.6. The maximum atomic E-state index is 14.1. The number of halogens is 1. The fraction of sp³-hybridized carbons (Fsp3) is 0.343. The fourth-order valence-corrected chi connectivity index (χ4v) is 7.33. The SMILES string of the molecule is COc1ccc(-n2nc(-c3ccc(Cl)cc3)c3c2N(CC(=O)N2CCC(C)CC2)C(=O)CS[C@H]3c2ccc(OC)c(OC)c2)cc1. The summed E-state index contributed by atoms with van der Waals surface area (Å²) < 4.78 is 18.4. The molecule has 2 aliphatic rings. The van der Waals surface area contributed by atoms with E-state index < -0.39 is 0 Å². The largest absolute Gasteiger partial charge is 0.497 e. The lowest BCUT2D eigenvalue weighted by Crippen LogP contribution is -2.46. The molecule has 3 heterocycles. The monoisotopic (exact) mass is 660 g/mol. The van der Waals surface area contributed by atoms with Crippen molar-refractivity contribution in [1.29, 1.82) is 0 Å². The normalized spacial score (nSPS) is 17.0. The van der Waals surface area contributed by atoms with Gasteiger partial charge in [-0.3, -0.25) is 14.5 Å². The number of likely N-dealkylation sites (tertiary alicyclic amines) is 1. The molecule has 2 aliphatic heterocycles.